The molecule has 1 amide bonds. The van der Waals surface area contributed by atoms with E-state index in [2.05, 4.69) is 21.2 Å². The summed E-state index contributed by atoms with van der Waals surface area (Å²) in [5.74, 6) is -0.771. The minimum absolute atomic E-state index is 0.133. The van der Waals surface area contributed by atoms with Gasteiger partial charge in [0, 0.05) is 17.2 Å². The van der Waals surface area contributed by atoms with Crippen molar-refractivity contribution in [1.29, 1.82) is 0 Å². The fourth-order valence-electron chi connectivity index (χ4n) is 2.25. The third-order valence-electron chi connectivity index (χ3n) is 3.52. The lowest BCUT2D eigenvalue weighted by Gasteiger charge is -2.21. The molecule has 0 fully saturated rings. The second-order valence-electron chi connectivity index (χ2n) is 5.27. The molecule has 1 atom stereocenters. The number of benzene rings is 2. The van der Waals surface area contributed by atoms with Gasteiger partial charge in [-0.05, 0) is 29.8 Å². The number of nitrogens with one attached hydrogen (secondary N) is 1. The number of nitrogens with zero attached hydrogens (tertiary/aromatic N) is 1. The Balaban J connectivity index is 2.07. The summed E-state index contributed by atoms with van der Waals surface area (Å²) in [6, 6.07) is 15.9. The largest absolute Gasteiger partial charge is 0.467 e. The van der Waals surface area contributed by atoms with Crippen LogP contribution in [0.4, 0.5) is 5.69 Å². The summed E-state index contributed by atoms with van der Waals surface area (Å²) < 4.78 is 5.70. The number of halogens is 1. The number of carbonyl (C=O) groups excluding carboxylic acids is 2. The molecule has 1 unspecified atom stereocenters. The first kappa shape index (κ1) is 18.0. The predicted octanol–water partition coefficient (Wildman–Crippen LogP) is 2.92. The maximum absolute atomic E-state index is 12.3. The summed E-state index contributed by atoms with van der Waals surface area (Å²) in [7, 11) is 3.12. The summed E-state index contributed by atoms with van der Waals surface area (Å²) in [4.78, 5) is 26.2. The Kier molecular flexibility index (Phi) is 6.37. The number of anilines is 1. The van der Waals surface area contributed by atoms with Crippen LogP contribution in [0.15, 0.2) is 59.1 Å². The van der Waals surface area contributed by atoms with Crippen molar-refractivity contribution >= 4 is 33.5 Å². The molecular weight excluding hydrogens is 372 g/mol. The Bertz CT molecular complexity index is 689. The smallest absolute Gasteiger partial charge is 0.333 e. The summed E-state index contributed by atoms with van der Waals surface area (Å²) in [6.45, 7) is 0.133. The van der Waals surface area contributed by atoms with Crippen LogP contribution in [0, 0.1) is 0 Å². The van der Waals surface area contributed by atoms with Gasteiger partial charge in [0.2, 0.25) is 5.91 Å². The van der Waals surface area contributed by atoms with Crippen LogP contribution >= 0.6 is 15.9 Å². The van der Waals surface area contributed by atoms with Crippen LogP contribution < -0.4 is 10.2 Å². The molecule has 0 aliphatic carbocycles. The molecule has 5 nitrogen and oxygen atoms in total. The third kappa shape index (κ3) is 4.83. The van der Waals surface area contributed by atoms with E-state index in [-0.39, 0.29) is 12.5 Å². The van der Waals surface area contributed by atoms with Crippen LogP contribution in [0.25, 0.3) is 0 Å². The van der Waals surface area contributed by atoms with E-state index in [1.165, 1.54) is 7.11 Å². The lowest BCUT2D eigenvalue weighted by Crippen LogP contribution is -2.40. The van der Waals surface area contributed by atoms with E-state index in [4.69, 9.17) is 4.74 Å². The summed E-state index contributed by atoms with van der Waals surface area (Å²) in [6.07, 6.45) is 0. The number of rotatable bonds is 6. The molecule has 0 bridgehead atoms. The molecular formula is C18H19BrN2O3. The molecule has 1 N–H and O–H groups in total. The topological polar surface area (TPSA) is 58.6 Å². The molecule has 0 aromatic heterocycles. The van der Waals surface area contributed by atoms with E-state index >= 15 is 0 Å². The van der Waals surface area contributed by atoms with Crippen molar-refractivity contribution < 1.29 is 14.3 Å². The maximum Gasteiger partial charge on any atom is 0.333 e. The summed E-state index contributed by atoms with van der Waals surface area (Å²) in [5, 5.41) is 2.73. The highest BCUT2D eigenvalue weighted by Gasteiger charge is 2.24. The lowest BCUT2D eigenvalue weighted by molar-refractivity contribution is -0.145. The van der Waals surface area contributed by atoms with Crippen LogP contribution in [0.2, 0.25) is 0 Å². The normalized spacial score (nSPS) is 11.5. The molecule has 126 valence electrons. The Morgan fingerprint density at radius 3 is 2.33 bits per heavy atom. The van der Waals surface area contributed by atoms with Gasteiger partial charge in [0.25, 0.3) is 0 Å². The highest BCUT2D eigenvalue weighted by molar-refractivity contribution is 9.10. The van der Waals surface area contributed by atoms with E-state index in [0.717, 1.165) is 10.2 Å². The first-order valence-corrected chi connectivity index (χ1v) is 8.19. The van der Waals surface area contributed by atoms with E-state index in [9.17, 15) is 9.59 Å². The van der Waals surface area contributed by atoms with Crippen molar-refractivity contribution in [3.05, 3.63) is 64.6 Å². The first-order valence-electron chi connectivity index (χ1n) is 7.40. The number of carbonyl (C=O) groups is 2. The molecule has 2 aromatic carbocycles. The van der Waals surface area contributed by atoms with E-state index in [0.29, 0.717) is 5.56 Å². The third-order valence-corrected chi connectivity index (χ3v) is 4.05. The van der Waals surface area contributed by atoms with E-state index in [1.54, 1.807) is 12.1 Å². The van der Waals surface area contributed by atoms with Gasteiger partial charge in [-0.25, -0.2) is 4.79 Å². The number of likely N-dealkylation sites (N-methyl/N-ethyl adjacent to an activating group) is 1. The van der Waals surface area contributed by atoms with Crippen LogP contribution in [0.1, 0.15) is 11.6 Å². The first-order chi connectivity index (χ1) is 11.5. The second kappa shape index (κ2) is 8.49. The summed E-state index contributed by atoms with van der Waals surface area (Å²) in [5.41, 5.74) is 1.59. The van der Waals surface area contributed by atoms with E-state index in [1.807, 2.05) is 54.4 Å². The zero-order valence-electron chi connectivity index (χ0n) is 13.5. The zero-order chi connectivity index (χ0) is 17.5. The molecule has 0 radical (unpaired) electrons. The van der Waals surface area contributed by atoms with Crippen molar-refractivity contribution in [2.45, 2.75) is 6.04 Å². The van der Waals surface area contributed by atoms with Crippen molar-refractivity contribution in [3.63, 3.8) is 0 Å². The molecule has 0 heterocycles. The molecule has 0 saturated heterocycles. The van der Waals surface area contributed by atoms with Gasteiger partial charge in [-0.2, -0.15) is 0 Å². The Morgan fingerprint density at radius 1 is 1.12 bits per heavy atom. The Hall–Kier alpha value is -2.34. The minimum atomic E-state index is -0.834. The molecule has 2 aromatic rings. The van der Waals surface area contributed by atoms with Gasteiger partial charge < -0.3 is 15.0 Å². The number of esters is 1. The van der Waals surface area contributed by atoms with Gasteiger partial charge in [-0.15, -0.1) is 0 Å². The monoisotopic (exact) mass is 390 g/mol. The molecule has 0 saturated carbocycles. The van der Waals surface area contributed by atoms with Gasteiger partial charge in [0.1, 0.15) is 0 Å². The van der Waals surface area contributed by atoms with Crippen molar-refractivity contribution in [2.24, 2.45) is 0 Å². The number of ether oxygens (including phenoxy) is 1. The lowest BCUT2D eigenvalue weighted by atomic mass is 10.1. The highest BCUT2D eigenvalue weighted by Crippen LogP contribution is 2.18. The second-order valence-corrected chi connectivity index (χ2v) is 6.18. The predicted molar refractivity (Wildman–Crippen MR) is 96.8 cm³/mol. The number of para-hydroxylation sites is 1. The number of methoxy groups -OCH3 is 1. The van der Waals surface area contributed by atoms with Crippen molar-refractivity contribution in [2.75, 3.05) is 25.6 Å². The number of amides is 1. The molecule has 2 rings (SSSR count). The standard InChI is InChI=1S/C18H19BrN2O3/c1-21(15-6-4-3-5-7-15)12-16(22)20-17(18(23)24-2)13-8-10-14(19)11-9-13/h3-11,17H,12H2,1-2H3,(H,20,22). The molecule has 6 heteroatoms. The van der Waals surface area contributed by atoms with Gasteiger partial charge >= 0.3 is 5.97 Å². The molecule has 0 aliphatic rings. The SMILES string of the molecule is COC(=O)C(NC(=O)CN(C)c1ccccc1)c1ccc(Br)cc1. The van der Waals surface area contributed by atoms with Crippen LogP contribution in [-0.2, 0) is 14.3 Å². The van der Waals surface area contributed by atoms with Gasteiger partial charge in [-0.3, -0.25) is 4.79 Å². The average Bonchev–Trinajstić information content (AvgIpc) is 2.60. The Labute approximate surface area is 149 Å². The molecule has 0 aliphatic heterocycles. The quantitative estimate of drug-likeness (QED) is 0.770. The fourth-order valence-corrected chi connectivity index (χ4v) is 2.51. The van der Waals surface area contributed by atoms with E-state index < -0.39 is 12.0 Å². The Morgan fingerprint density at radius 2 is 1.75 bits per heavy atom. The average molecular weight is 391 g/mol. The highest BCUT2D eigenvalue weighted by atomic mass is 79.9. The van der Waals surface area contributed by atoms with Gasteiger partial charge in [-0.1, -0.05) is 46.3 Å². The summed E-state index contributed by atoms with van der Waals surface area (Å²) >= 11 is 3.35. The molecule has 0 spiro atoms. The van der Waals surface area contributed by atoms with Crippen LogP contribution in [-0.4, -0.2) is 32.6 Å². The van der Waals surface area contributed by atoms with Crippen molar-refractivity contribution in [1.82, 2.24) is 5.32 Å². The zero-order valence-corrected chi connectivity index (χ0v) is 15.1. The van der Waals surface area contributed by atoms with Crippen LogP contribution in [0.3, 0.4) is 0 Å². The van der Waals surface area contributed by atoms with Crippen LogP contribution in [0.5, 0.6) is 0 Å². The number of hydrogen-bond donors (Lipinski definition) is 1. The molecule has 24 heavy (non-hydrogen) atoms. The van der Waals surface area contributed by atoms with Gasteiger partial charge in [0.05, 0.1) is 13.7 Å². The maximum atomic E-state index is 12.3. The van der Waals surface area contributed by atoms with Crippen molar-refractivity contribution in [3.8, 4) is 0 Å². The number of hydrogen-bond acceptors (Lipinski definition) is 4. The fraction of sp³-hybridized carbons (Fsp3) is 0.222. The minimum Gasteiger partial charge on any atom is -0.467 e. The van der Waals surface area contributed by atoms with Gasteiger partial charge in [0.15, 0.2) is 6.04 Å².